The number of nitrogens with two attached hydrogens (primary N) is 1. The van der Waals surface area contributed by atoms with Crippen LogP contribution in [0, 0.1) is 0 Å². The minimum atomic E-state index is 0.0620. The first kappa shape index (κ1) is 12.8. The normalized spacial score (nSPS) is 10.8. The fourth-order valence-electron chi connectivity index (χ4n) is 1.62. The lowest BCUT2D eigenvalue weighted by atomic mass is 10.1. The predicted molar refractivity (Wildman–Crippen MR) is 75.1 cm³/mol. The van der Waals surface area contributed by atoms with Gasteiger partial charge in [0.2, 0.25) is 0 Å². The molecule has 0 aliphatic carbocycles. The van der Waals surface area contributed by atoms with E-state index in [2.05, 4.69) is 18.8 Å². The van der Waals surface area contributed by atoms with Crippen LogP contribution in [-0.4, -0.2) is 10.8 Å². The van der Waals surface area contributed by atoms with Crippen LogP contribution in [0.15, 0.2) is 29.6 Å². The highest BCUT2D eigenvalue weighted by Gasteiger charge is 2.11. The van der Waals surface area contributed by atoms with Gasteiger partial charge in [0, 0.05) is 16.6 Å². The molecule has 2 rings (SSSR count). The van der Waals surface area contributed by atoms with Gasteiger partial charge in [0.05, 0.1) is 12.1 Å². The molecule has 0 aliphatic rings. The number of nitrogen functional groups attached to an aromatic ring is 1. The van der Waals surface area contributed by atoms with Crippen molar-refractivity contribution in [1.82, 2.24) is 4.98 Å². The Morgan fingerprint density at radius 1 is 1.44 bits per heavy atom. The zero-order chi connectivity index (χ0) is 13.1. The number of Topliss-reactive ketones (excluding diaryl/α,β-unsaturated/α-hetero) is 1. The van der Waals surface area contributed by atoms with Gasteiger partial charge in [-0.25, -0.2) is 4.98 Å². The summed E-state index contributed by atoms with van der Waals surface area (Å²) in [5, 5.41) is 2.89. The van der Waals surface area contributed by atoms with Crippen molar-refractivity contribution in [1.29, 1.82) is 0 Å². The van der Waals surface area contributed by atoms with Gasteiger partial charge in [-0.3, -0.25) is 4.79 Å². The molecule has 0 aliphatic heterocycles. The number of anilines is 1. The maximum Gasteiger partial charge on any atom is 0.169 e. The molecule has 0 atom stereocenters. The van der Waals surface area contributed by atoms with Gasteiger partial charge in [0.25, 0.3) is 0 Å². The van der Waals surface area contributed by atoms with E-state index in [1.165, 1.54) is 0 Å². The maximum absolute atomic E-state index is 12.1. The Kier molecular flexibility index (Phi) is 3.77. The molecular formula is C14H16N2OS. The highest BCUT2D eigenvalue weighted by molar-refractivity contribution is 7.09. The van der Waals surface area contributed by atoms with Crippen molar-refractivity contribution in [3.05, 3.63) is 45.9 Å². The largest absolute Gasteiger partial charge is 0.399 e. The van der Waals surface area contributed by atoms with Gasteiger partial charge >= 0.3 is 0 Å². The molecule has 2 aromatic rings. The van der Waals surface area contributed by atoms with E-state index in [0.29, 0.717) is 23.6 Å². The quantitative estimate of drug-likeness (QED) is 0.678. The lowest BCUT2D eigenvalue weighted by molar-refractivity contribution is 0.0993. The van der Waals surface area contributed by atoms with Gasteiger partial charge in [0.15, 0.2) is 5.78 Å². The Balaban J connectivity index is 2.11. The monoisotopic (exact) mass is 260 g/mol. The Bertz CT molecular complexity index is 560. The van der Waals surface area contributed by atoms with Gasteiger partial charge in [-0.05, 0) is 18.1 Å². The maximum atomic E-state index is 12.1. The van der Waals surface area contributed by atoms with E-state index >= 15 is 0 Å². The van der Waals surface area contributed by atoms with Crippen LogP contribution in [0.3, 0.4) is 0 Å². The summed E-state index contributed by atoms with van der Waals surface area (Å²) in [5.41, 5.74) is 7.98. The van der Waals surface area contributed by atoms with Crippen molar-refractivity contribution in [2.24, 2.45) is 0 Å². The Morgan fingerprint density at radius 3 is 2.83 bits per heavy atom. The average Bonchev–Trinajstić information content (AvgIpc) is 2.77. The third-order valence-electron chi connectivity index (χ3n) is 2.68. The Morgan fingerprint density at radius 2 is 2.22 bits per heavy atom. The van der Waals surface area contributed by atoms with E-state index in [1.54, 1.807) is 35.6 Å². The van der Waals surface area contributed by atoms with E-state index < -0.39 is 0 Å². The molecule has 18 heavy (non-hydrogen) atoms. The molecule has 1 heterocycles. The number of nitrogens with zero attached hydrogens (tertiary/aromatic N) is 1. The number of benzene rings is 1. The molecule has 0 unspecified atom stereocenters. The van der Waals surface area contributed by atoms with Crippen molar-refractivity contribution < 1.29 is 4.79 Å². The molecule has 3 nitrogen and oxygen atoms in total. The molecule has 0 saturated carbocycles. The van der Waals surface area contributed by atoms with E-state index in [9.17, 15) is 4.79 Å². The Labute approximate surface area is 111 Å². The summed E-state index contributed by atoms with van der Waals surface area (Å²) in [5.74, 6) is 0.462. The molecule has 2 N–H and O–H groups in total. The zero-order valence-corrected chi connectivity index (χ0v) is 11.3. The summed E-state index contributed by atoms with van der Waals surface area (Å²) in [6.07, 6.45) is 0.348. The highest BCUT2D eigenvalue weighted by atomic mass is 32.1. The van der Waals surface area contributed by atoms with Gasteiger partial charge in [-0.1, -0.05) is 26.0 Å². The van der Waals surface area contributed by atoms with Crippen molar-refractivity contribution >= 4 is 22.8 Å². The van der Waals surface area contributed by atoms with E-state index in [-0.39, 0.29) is 5.78 Å². The third-order valence-corrected chi connectivity index (χ3v) is 3.55. The number of carbonyl (C=O) groups is 1. The highest BCUT2D eigenvalue weighted by Crippen LogP contribution is 2.19. The summed E-state index contributed by atoms with van der Waals surface area (Å²) in [7, 11) is 0. The van der Waals surface area contributed by atoms with Gasteiger partial charge < -0.3 is 5.73 Å². The minimum Gasteiger partial charge on any atom is -0.399 e. The van der Waals surface area contributed by atoms with Crippen LogP contribution >= 0.6 is 11.3 Å². The average molecular weight is 260 g/mol. The summed E-state index contributed by atoms with van der Waals surface area (Å²) in [6, 6.07) is 7.07. The third kappa shape index (κ3) is 2.96. The lowest BCUT2D eigenvalue weighted by Gasteiger charge is -2.00. The predicted octanol–water partition coefficient (Wildman–Crippen LogP) is 3.27. The first-order chi connectivity index (χ1) is 8.56. The number of rotatable bonds is 4. The molecule has 4 heteroatoms. The number of ketones is 1. The fourth-order valence-corrected chi connectivity index (χ4v) is 2.58. The second-order valence-electron chi connectivity index (χ2n) is 4.55. The van der Waals surface area contributed by atoms with Gasteiger partial charge in [0.1, 0.15) is 5.01 Å². The number of carbonyl (C=O) groups excluding carboxylic acids is 1. The molecule has 0 amide bonds. The minimum absolute atomic E-state index is 0.0620. The van der Waals surface area contributed by atoms with Crippen molar-refractivity contribution in [3.8, 4) is 0 Å². The second kappa shape index (κ2) is 5.31. The van der Waals surface area contributed by atoms with Crippen molar-refractivity contribution in [2.75, 3.05) is 5.73 Å². The van der Waals surface area contributed by atoms with Crippen LogP contribution in [0.2, 0.25) is 0 Å². The molecule has 94 valence electrons. The molecule has 0 radical (unpaired) electrons. The van der Waals surface area contributed by atoms with Gasteiger partial charge in [-0.15, -0.1) is 11.3 Å². The molecule has 0 fully saturated rings. The standard InChI is InChI=1S/C14H16N2OS/c1-9(2)12-8-18-14(16-12)7-13(17)10-4-3-5-11(15)6-10/h3-6,8-9H,7,15H2,1-2H3. The number of hydrogen-bond acceptors (Lipinski definition) is 4. The molecule has 0 bridgehead atoms. The lowest BCUT2D eigenvalue weighted by Crippen LogP contribution is -2.04. The van der Waals surface area contributed by atoms with E-state index in [1.807, 2.05) is 5.38 Å². The smallest absolute Gasteiger partial charge is 0.169 e. The van der Waals surface area contributed by atoms with E-state index in [4.69, 9.17) is 5.73 Å². The fraction of sp³-hybridized carbons (Fsp3) is 0.286. The molecule has 0 spiro atoms. The molecule has 1 aromatic heterocycles. The van der Waals surface area contributed by atoms with Crippen LogP contribution in [0.1, 0.15) is 40.8 Å². The summed E-state index contributed by atoms with van der Waals surface area (Å²) < 4.78 is 0. The van der Waals surface area contributed by atoms with Crippen LogP contribution in [0.4, 0.5) is 5.69 Å². The summed E-state index contributed by atoms with van der Waals surface area (Å²) in [4.78, 5) is 16.5. The van der Waals surface area contributed by atoms with E-state index in [0.717, 1.165) is 10.7 Å². The van der Waals surface area contributed by atoms with Crippen LogP contribution in [0.5, 0.6) is 0 Å². The van der Waals surface area contributed by atoms with Crippen LogP contribution < -0.4 is 5.73 Å². The summed E-state index contributed by atoms with van der Waals surface area (Å²) in [6.45, 7) is 4.19. The number of aromatic nitrogens is 1. The molecule has 1 aromatic carbocycles. The van der Waals surface area contributed by atoms with Crippen LogP contribution in [0.25, 0.3) is 0 Å². The first-order valence-electron chi connectivity index (χ1n) is 5.89. The zero-order valence-electron chi connectivity index (χ0n) is 10.5. The van der Waals surface area contributed by atoms with Crippen LogP contribution in [-0.2, 0) is 6.42 Å². The first-order valence-corrected chi connectivity index (χ1v) is 6.77. The van der Waals surface area contributed by atoms with Gasteiger partial charge in [-0.2, -0.15) is 0 Å². The molecular weight excluding hydrogens is 244 g/mol. The summed E-state index contributed by atoms with van der Waals surface area (Å²) >= 11 is 1.54. The topological polar surface area (TPSA) is 56.0 Å². The second-order valence-corrected chi connectivity index (χ2v) is 5.49. The molecule has 0 saturated heterocycles. The van der Waals surface area contributed by atoms with Crippen molar-refractivity contribution in [2.45, 2.75) is 26.2 Å². The van der Waals surface area contributed by atoms with Crippen molar-refractivity contribution in [3.63, 3.8) is 0 Å². The number of hydrogen-bond donors (Lipinski definition) is 1. The SMILES string of the molecule is CC(C)c1csc(CC(=O)c2cccc(N)c2)n1. The number of thiazole rings is 1. The Hall–Kier alpha value is -1.68.